The van der Waals surface area contributed by atoms with Crippen LogP contribution in [0.4, 0.5) is 0 Å². The van der Waals surface area contributed by atoms with E-state index in [1.807, 2.05) is 26.0 Å². The Balaban J connectivity index is 1.69. The Bertz CT molecular complexity index is 1280. The topological polar surface area (TPSA) is 113 Å². The number of benzene rings is 1. The fraction of sp³-hybridized carbons (Fsp3) is 0.200. The molecule has 0 fully saturated rings. The molecule has 1 aromatic carbocycles. The number of hydrogen-bond donors (Lipinski definition) is 3. The second kappa shape index (κ2) is 8.37. The van der Waals surface area contributed by atoms with Crippen molar-refractivity contribution in [2.45, 2.75) is 25.5 Å². The van der Waals surface area contributed by atoms with Gasteiger partial charge in [-0.25, -0.2) is 4.98 Å². The SMILES string of the molecule is Cc1c(Cl)cccc1-n1c(SCC(=O)NCc2ccco2)nc2n[nH]c(C)c2c1=N. The molecular weight excluding hydrogens is 424 g/mol. The van der Waals surface area contributed by atoms with Gasteiger partial charge in [0.2, 0.25) is 5.91 Å². The molecular formula is C20H19ClN6O2S. The van der Waals surface area contributed by atoms with Crippen molar-refractivity contribution in [3.8, 4) is 5.69 Å². The van der Waals surface area contributed by atoms with Crippen LogP contribution in [0.3, 0.4) is 0 Å². The zero-order valence-corrected chi connectivity index (χ0v) is 17.9. The van der Waals surface area contributed by atoms with E-state index in [1.165, 1.54) is 11.8 Å². The smallest absolute Gasteiger partial charge is 0.230 e. The summed E-state index contributed by atoms with van der Waals surface area (Å²) in [4.78, 5) is 16.9. The van der Waals surface area contributed by atoms with Crippen LogP contribution in [0.1, 0.15) is 17.0 Å². The summed E-state index contributed by atoms with van der Waals surface area (Å²) in [6.45, 7) is 4.05. The molecule has 0 aliphatic heterocycles. The first-order chi connectivity index (χ1) is 14.5. The zero-order chi connectivity index (χ0) is 21.3. The highest BCUT2D eigenvalue weighted by Crippen LogP contribution is 2.26. The molecule has 3 heterocycles. The molecule has 0 aliphatic rings. The lowest BCUT2D eigenvalue weighted by Gasteiger charge is -2.16. The molecule has 4 rings (SSSR count). The van der Waals surface area contributed by atoms with Crippen LogP contribution in [0.5, 0.6) is 0 Å². The normalized spacial score (nSPS) is 11.2. The predicted octanol–water partition coefficient (Wildman–Crippen LogP) is 3.50. The van der Waals surface area contributed by atoms with Gasteiger partial charge in [0.25, 0.3) is 0 Å². The van der Waals surface area contributed by atoms with Crippen molar-refractivity contribution < 1.29 is 9.21 Å². The first-order valence-electron chi connectivity index (χ1n) is 9.15. The monoisotopic (exact) mass is 442 g/mol. The Morgan fingerprint density at radius 1 is 1.33 bits per heavy atom. The number of thioether (sulfide) groups is 1. The van der Waals surface area contributed by atoms with Gasteiger partial charge in [-0.1, -0.05) is 29.4 Å². The molecule has 0 saturated carbocycles. The van der Waals surface area contributed by atoms with E-state index < -0.39 is 0 Å². The zero-order valence-electron chi connectivity index (χ0n) is 16.3. The third-order valence-electron chi connectivity index (χ3n) is 4.63. The number of aromatic nitrogens is 4. The number of nitrogens with zero attached hydrogens (tertiary/aromatic N) is 3. The van der Waals surface area contributed by atoms with Crippen LogP contribution in [0, 0.1) is 19.3 Å². The molecule has 8 nitrogen and oxygen atoms in total. The molecule has 0 unspecified atom stereocenters. The van der Waals surface area contributed by atoms with Gasteiger partial charge in [-0.15, -0.1) is 0 Å². The molecule has 4 aromatic rings. The van der Waals surface area contributed by atoms with Crippen molar-refractivity contribution in [3.05, 3.63) is 64.1 Å². The Kier molecular flexibility index (Phi) is 5.65. The number of aromatic amines is 1. The lowest BCUT2D eigenvalue weighted by molar-refractivity contribution is -0.118. The predicted molar refractivity (Wildman–Crippen MR) is 115 cm³/mol. The van der Waals surface area contributed by atoms with Crippen molar-refractivity contribution in [2.75, 3.05) is 5.75 Å². The maximum Gasteiger partial charge on any atom is 0.230 e. The molecule has 3 N–H and O–H groups in total. The molecule has 1 amide bonds. The van der Waals surface area contributed by atoms with E-state index in [4.69, 9.17) is 21.4 Å². The highest BCUT2D eigenvalue weighted by Gasteiger charge is 2.18. The minimum atomic E-state index is -0.169. The van der Waals surface area contributed by atoms with Gasteiger partial charge in [0, 0.05) is 10.7 Å². The average Bonchev–Trinajstić information content (AvgIpc) is 3.37. The van der Waals surface area contributed by atoms with Gasteiger partial charge in [0.15, 0.2) is 10.8 Å². The number of aryl methyl sites for hydroxylation is 1. The molecule has 0 atom stereocenters. The first-order valence-corrected chi connectivity index (χ1v) is 10.5. The van der Waals surface area contributed by atoms with Crippen molar-refractivity contribution in [3.63, 3.8) is 0 Å². The van der Waals surface area contributed by atoms with Crippen LogP contribution >= 0.6 is 23.4 Å². The van der Waals surface area contributed by atoms with E-state index in [-0.39, 0.29) is 17.1 Å². The van der Waals surface area contributed by atoms with E-state index in [0.29, 0.717) is 33.5 Å². The Morgan fingerprint density at radius 2 is 2.17 bits per heavy atom. The van der Waals surface area contributed by atoms with E-state index in [1.54, 1.807) is 29.0 Å². The number of amides is 1. The maximum atomic E-state index is 12.3. The fourth-order valence-corrected chi connectivity index (χ4v) is 4.07. The molecule has 10 heteroatoms. The molecule has 0 bridgehead atoms. The number of halogens is 1. The van der Waals surface area contributed by atoms with E-state index in [0.717, 1.165) is 16.9 Å². The third kappa shape index (κ3) is 3.86. The van der Waals surface area contributed by atoms with Crippen LogP contribution < -0.4 is 10.8 Å². The van der Waals surface area contributed by atoms with Gasteiger partial charge in [0.1, 0.15) is 11.2 Å². The summed E-state index contributed by atoms with van der Waals surface area (Å²) in [5.41, 5.74) is 2.98. The fourth-order valence-electron chi connectivity index (χ4n) is 3.07. The molecule has 30 heavy (non-hydrogen) atoms. The van der Waals surface area contributed by atoms with Crippen LogP contribution in [-0.2, 0) is 11.3 Å². The quantitative estimate of drug-likeness (QED) is 0.312. The lowest BCUT2D eigenvalue weighted by Crippen LogP contribution is -2.26. The standard InChI is InChI=1S/C20H19ClN6O2S/c1-11-14(21)6-3-7-15(11)27-18(22)17-12(2)25-26-19(17)24-20(27)30-10-16(28)23-9-13-5-4-8-29-13/h3-8,22H,9-10H2,1-2H3,(H,23,28)(H,25,26). The number of carbonyl (C=O) groups is 1. The summed E-state index contributed by atoms with van der Waals surface area (Å²) < 4.78 is 6.93. The Morgan fingerprint density at radius 3 is 2.93 bits per heavy atom. The number of H-pyrrole nitrogens is 1. The van der Waals surface area contributed by atoms with Gasteiger partial charge in [-0.3, -0.25) is 19.9 Å². The number of carbonyl (C=O) groups excluding carboxylic acids is 1. The Labute approximate surface area is 181 Å². The Hall–Kier alpha value is -3.04. The largest absolute Gasteiger partial charge is 0.467 e. The van der Waals surface area contributed by atoms with Gasteiger partial charge in [-0.2, -0.15) is 5.10 Å². The second-order valence-corrected chi connectivity index (χ2v) is 8.00. The van der Waals surface area contributed by atoms with E-state index in [9.17, 15) is 4.79 Å². The molecule has 0 spiro atoms. The van der Waals surface area contributed by atoms with E-state index in [2.05, 4.69) is 20.5 Å². The van der Waals surface area contributed by atoms with Crippen LogP contribution in [0.25, 0.3) is 16.7 Å². The number of fused-ring (bicyclic) bond motifs is 1. The number of rotatable bonds is 6. The van der Waals surface area contributed by atoms with Gasteiger partial charge in [-0.05, 0) is 43.7 Å². The molecule has 3 aromatic heterocycles. The lowest BCUT2D eigenvalue weighted by atomic mass is 10.2. The van der Waals surface area contributed by atoms with Gasteiger partial charge in [0.05, 0.1) is 29.6 Å². The van der Waals surface area contributed by atoms with E-state index >= 15 is 0 Å². The summed E-state index contributed by atoms with van der Waals surface area (Å²) in [6, 6.07) is 9.07. The van der Waals surface area contributed by atoms with Gasteiger partial charge < -0.3 is 9.73 Å². The number of hydrogen-bond acceptors (Lipinski definition) is 6. The minimum Gasteiger partial charge on any atom is -0.467 e. The third-order valence-corrected chi connectivity index (χ3v) is 5.98. The minimum absolute atomic E-state index is 0.127. The summed E-state index contributed by atoms with van der Waals surface area (Å²) in [7, 11) is 0. The number of furan rings is 1. The second-order valence-electron chi connectivity index (χ2n) is 6.65. The van der Waals surface area contributed by atoms with Crippen molar-refractivity contribution in [1.29, 1.82) is 5.41 Å². The van der Waals surface area contributed by atoms with Crippen molar-refractivity contribution in [1.82, 2.24) is 25.1 Å². The molecule has 0 saturated heterocycles. The van der Waals surface area contributed by atoms with Crippen LogP contribution in [0.2, 0.25) is 5.02 Å². The summed E-state index contributed by atoms with van der Waals surface area (Å²) in [5.74, 6) is 0.636. The van der Waals surface area contributed by atoms with Gasteiger partial charge >= 0.3 is 0 Å². The average molecular weight is 443 g/mol. The first kappa shape index (κ1) is 20.2. The summed E-state index contributed by atoms with van der Waals surface area (Å²) in [5, 5.41) is 20.4. The highest BCUT2D eigenvalue weighted by atomic mass is 35.5. The summed E-state index contributed by atoms with van der Waals surface area (Å²) >= 11 is 7.55. The van der Waals surface area contributed by atoms with Crippen LogP contribution in [-0.4, -0.2) is 31.4 Å². The molecule has 154 valence electrons. The summed E-state index contributed by atoms with van der Waals surface area (Å²) in [6.07, 6.45) is 1.56. The van der Waals surface area contributed by atoms with Crippen molar-refractivity contribution in [2.24, 2.45) is 0 Å². The molecule has 0 aliphatic carbocycles. The maximum absolute atomic E-state index is 12.3. The molecule has 0 radical (unpaired) electrons. The highest BCUT2D eigenvalue weighted by molar-refractivity contribution is 7.99. The van der Waals surface area contributed by atoms with Crippen LogP contribution in [0.15, 0.2) is 46.2 Å². The van der Waals surface area contributed by atoms with Crippen molar-refractivity contribution >= 4 is 40.3 Å². The number of nitrogens with one attached hydrogen (secondary N) is 3.